The van der Waals surface area contributed by atoms with Crippen molar-refractivity contribution in [3.63, 3.8) is 0 Å². The van der Waals surface area contributed by atoms with Crippen LogP contribution >= 0.6 is 11.3 Å². The first-order valence-corrected chi connectivity index (χ1v) is 6.72. The smallest absolute Gasteiger partial charge is 0.337 e. The van der Waals surface area contributed by atoms with Crippen LogP contribution in [0.5, 0.6) is 0 Å². The number of carboxylic acid groups (broad SMARTS) is 1. The zero-order valence-corrected chi connectivity index (χ0v) is 11.5. The number of hydrogen-bond donors (Lipinski definition) is 3. The number of para-hydroxylation sites is 1. The first-order valence-electron chi connectivity index (χ1n) is 5.84. The van der Waals surface area contributed by atoms with Crippen LogP contribution < -0.4 is 10.6 Å². The van der Waals surface area contributed by atoms with E-state index in [1.165, 1.54) is 17.4 Å². The van der Waals surface area contributed by atoms with Gasteiger partial charge in [-0.25, -0.2) is 14.6 Å². The van der Waals surface area contributed by atoms with Gasteiger partial charge < -0.3 is 15.7 Å². The topological polar surface area (TPSA) is 91.3 Å². The highest BCUT2D eigenvalue weighted by molar-refractivity contribution is 7.09. The number of hydrogen-bond acceptors (Lipinski definition) is 4. The van der Waals surface area contributed by atoms with Gasteiger partial charge >= 0.3 is 12.0 Å². The van der Waals surface area contributed by atoms with Crippen molar-refractivity contribution >= 4 is 29.0 Å². The van der Waals surface area contributed by atoms with Crippen molar-refractivity contribution in [2.75, 3.05) is 5.32 Å². The molecule has 3 N–H and O–H groups in total. The van der Waals surface area contributed by atoms with Crippen LogP contribution in [0.2, 0.25) is 0 Å². The van der Waals surface area contributed by atoms with Gasteiger partial charge in [0.15, 0.2) is 0 Å². The first-order chi connectivity index (χ1) is 9.58. The van der Waals surface area contributed by atoms with Crippen LogP contribution in [-0.2, 0) is 6.54 Å². The predicted molar refractivity (Wildman–Crippen MR) is 76.1 cm³/mol. The maximum Gasteiger partial charge on any atom is 0.337 e. The van der Waals surface area contributed by atoms with Gasteiger partial charge in [0.2, 0.25) is 0 Å². The molecule has 0 spiro atoms. The summed E-state index contributed by atoms with van der Waals surface area (Å²) in [5.74, 6) is -1.08. The summed E-state index contributed by atoms with van der Waals surface area (Å²) in [4.78, 5) is 27.0. The van der Waals surface area contributed by atoms with Crippen molar-refractivity contribution in [2.45, 2.75) is 13.5 Å². The minimum Gasteiger partial charge on any atom is -0.478 e. The molecule has 0 saturated carbocycles. The number of anilines is 1. The van der Waals surface area contributed by atoms with Crippen LogP contribution in [-0.4, -0.2) is 22.1 Å². The summed E-state index contributed by atoms with van der Waals surface area (Å²) >= 11 is 1.43. The second kappa shape index (κ2) is 6.16. The minimum absolute atomic E-state index is 0.0643. The number of aromatic carboxylic acids is 1. The van der Waals surface area contributed by atoms with E-state index in [9.17, 15) is 9.59 Å². The molecule has 6 nitrogen and oxygen atoms in total. The van der Waals surface area contributed by atoms with Gasteiger partial charge in [-0.2, -0.15) is 0 Å². The predicted octanol–water partition coefficient (Wildman–Crippen LogP) is 2.47. The largest absolute Gasteiger partial charge is 0.478 e. The van der Waals surface area contributed by atoms with Crippen molar-refractivity contribution in [3.8, 4) is 0 Å². The summed E-state index contributed by atoms with van der Waals surface area (Å²) in [5, 5.41) is 16.9. The Bertz CT molecular complexity index is 626. The van der Waals surface area contributed by atoms with Crippen molar-refractivity contribution < 1.29 is 14.7 Å². The third-order valence-electron chi connectivity index (χ3n) is 2.63. The lowest BCUT2D eigenvalue weighted by molar-refractivity contribution is 0.0698. The highest BCUT2D eigenvalue weighted by Gasteiger charge is 2.14. The Labute approximate surface area is 119 Å². The molecular weight excluding hydrogens is 278 g/mol. The number of rotatable bonds is 4. The quantitative estimate of drug-likeness (QED) is 0.807. The molecule has 1 heterocycles. The molecule has 0 aliphatic rings. The van der Waals surface area contributed by atoms with Gasteiger partial charge in [0, 0.05) is 11.6 Å². The van der Waals surface area contributed by atoms with E-state index in [2.05, 4.69) is 15.6 Å². The Morgan fingerprint density at radius 1 is 1.40 bits per heavy atom. The molecule has 1 aromatic carbocycles. The standard InChI is InChI=1S/C13H13N3O3S/c1-8-3-2-4-9(12(17)18)11(8)16-13(19)15-7-10-14-5-6-20-10/h2-6H,7H2,1H3,(H,17,18)(H2,15,16,19). The Hall–Kier alpha value is -2.41. The molecular formula is C13H13N3O3S. The van der Waals surface area contributed by atoms with Gasteiger partial charge in [-0.1, -0.05) is 12.1 Å². The van der Waals surface area contributed by atoms with Gasteiger partial charge in [0.05, 0.1) is 17.8 Å². The van der Waals surface area contributed by atoms with Gasteiger partial charge in [0.1, 0.15) is 5.01 Å². The van der Waals surface area contributed by atoms with Gasteiger partial charge in [-0.3, -0.25) is 0 Å². The highest BCUT2D eigenvalue weighted by atomic mass is 32.1. The minimum atomic E-state index is -1.08. The fraction of sp³-hybridized carbons (Fsp3) is 0.154. The number of urea groups is 1. The molecule has 7 heteroatoms. The lowest BCUT2D eigenvalue weighted by atomic mass is 10.1. The molecule has 0 unspecified atom stereocenters. The summed E-state index contributed by atoms with van der Waals surface area (Å²) in [7, 11) is 0. The Balaban J connectivity index is 2.06. The summed E-state index contributed by atoms with van der Waals surface area (Å²) in [6.45, 7) is 2.04. The SMILES string of the molecule is Cc1cccc(C(=O)O)c1NC(=O)NCc1nccs1. The normalized spacial score (nSPS) is 10.1. The zero-order valence-electron chi connectivity index (χ0n) is 10.7. The van der Waals surface area contributed by atoms with Gasteiger partial charge in [-0.05, 0) is 18.6 Å². The maximum atomic E-state index is 11.8. The molecule has 0 aliphatic heterocycles. The zero-order chi connectivity index (χ0) is 14.5. The number of carboxylic acids is 1. The average molecular weight is 291 g/mol. The molecule has 20 heavy (non-hydrogen) atoms. The molecule has 0 fully saturated rings. The van der Waals surface area contributed by atoms with E-state index < -0.39 is 12.0 Å². The number of thiazole rings is 1. The number of nitrogens with one attached hydrogen (secondary N) is 2. The molecule has 2 rings (SSSR count). The molecule has 104 valence electrons. The number of carbonyl (C=O) groups is 2. The molecule has 0 aliphatic carbocycles. The second-order valence-corrected chi connectivity index (χ2v) is 5.02. The van der Waals surface area contributed by atoms with E-state index >= 15 is 0 Å². The fourth-order valence-electron chi connectivity index (χ4n) is 1.67. The number of nitrogens with zero attached hydrogens (tertiary/aromatic N) is 1. The van der Waals surface area contributed by atoms with Crippen LogP contribution in [0.4, 0.5) is 10.5 Å². The number of carbonyl (C=O) groups excluding carboxylic acids is 1. The monoisotopic (exact) mass is 291 g/mol. The highest BCUT2D eigenvalue weighted by Crippen LogP contribution is 2.20. The van der Waals surface area contributed by atoms with Crippen LogP contribution in [0, 0.1) is 6.92 Å². The lowest BCUT2D eigenvalue weighted by Crippen LogP contribution is -2.29. The number of amides is 2. The number of aromatic nitrogens is 1. The first kappa shape index (κ1) is 14.0. The Kier molecular flexibility index (Phi) is 4.31. The van der Waals surface area contributed by atoms with Crippen molar-refractivity contribution in [3.05, 3.63) is 45.9 Å². The summed E-state index contributed by atoms with van der Waals surface area (Å²) in [6.07, 6.45) is 1.66. The molecule has 0 bridgehead atoms. The van der Waals surface area contributed by atoms with E-state index in [0.29, 0.717) is 17.8 Å². The van der Waals surface area contributed by atoms with E-state index in [4.69, 9.17) is 5.11 Å². The van der Waals surface area contributed by atoms with Crippen LogP contribution in [0.25, 0.3) is 0 Å². The third kappa shape index (κ3) is 3.33. The van der Waals surface area contributed by atoms with Crippen LogP contribution in [0.1, 0.15) is 20.9 Å². The maximum absolute atomic E-state index is 11.8. The van der Waals surface area contributed by atoms with Gasteiger partial charge in [0.25, 0.3) is 0 Å². The van der Waals surface area contributed by atoms with Crippen LogP contribution in [0.3, 0.4) is 0 Å². The Morgan fingerprint density at radius 3 is 2.85 bits per heavy atom. The summed E-state index contributed by atoms with van der Waals surface area (Å²) in [6, 6.07) is 4.36. The van der Waals surface area contributed by atoms with E-state index in [0.717, 1.165) is 5.01 Å². The lowest BCUT2D eigenvalue weighted by Gasteiger charge is -2.11. The summed E-state index contributed by atoms with van der Waals surface area (Å²) < 4.78 is 0. The summed E-state index contributed by atoms with van der Waals surface area (Å²) in [5.41, 5.74) is 1.06. The number of benzene rings is 1. The molecule has 2 amide bonds. The Morgan fingerprint density at radius 2 is 2.20 bits per heavy atom. The van der Waals surface area contributed by atoms with Crippen molar-refractivity contribution in [2.24, 2.45) is 0 Å². The fourth-order valence-corrected chi connectivity index (χ4v) is 2.22. The van der Waals surface area contributed by atoms with E-state index in [1.807, 2.05) is 5.38 Å². The molecule has 0 radical (unpaired) electrons. The molecule has 2 aromatic rings. The van der Waals surface area contributed by atoms with Crippen LogP contribution in [0.15, 0.2) is 29.8 Å². The number of aryl methyl sites for hydroxylation is 1. The van der Waals surface area contributed by atoms with Gasteiger partial charge in [-0.15, -0.1) is 11.3 Å². The second-order valence-electron chi connectivity index (χ2n) is 4.04. The average Bonchev–Trinajstić information content (AvgIpc) is 2.91. The van der Waals surface area contributed by atoms with E-state index in [1.54, 1.807) is 25.3 Å². The molecule has 1 aromatic heterocycles. The van der Waals surface area contributed by atoms with E-state index in [-0.39, 0.29) is 5.56 Å². The van der Waals surface area contributed by atoms with Crippen molar-refractivity contribution in [1.29, 1.82) is 0 Å². The van der Waals surface area contributed by atoms with Crippen molar-refractivity contribution in [1.82, 2.24) is 10.3 Å². The third-order valence-corrected chi connectivity index (χ3v) is 3.40. The molecule has 0 atom stereocenters. The molecule has 0 saturated heterocycles.